The Morgan fingerprint density at radius 1 is 1.43 bits per heavy atom. The van der Waals surface area contributed by atoms with Crippen LogP contribution in [0.15, 0.2) is 0 Å². The zero-order valence-corrected chi connectivity index (χ0v) is 8.82. The molecule has 0 aromatic heterocycles. The Hall–Kier alpha value is -1.26. The van der Waals surface area contributed by atoms with Crippen LogP contribution < -0.4 is 0 Å². The van der Waals surface area contributed by atoms with Crippen LogP contribution in [0.2, 0.25) is 0 Å². The molecule has 0 aliphatic carbocycles. The van der Waals surface area contributed by atoms with Gasteiger partial charge in [0.2, 0.25) is 0 Å². The van der Waals surface area contributed by atoms with Crippen molar-refractivity contribution < 1.29 is 19.4 Å². The van der Waals surface area contributed by atoms with Crippen LogP contribution in [-0.4, -0.2) is 41.3 Å². The van der Waals surface area contributed by atoms with Crippen molar-refractivity contribution in [2.45, 2.75) is 33.2 Å². The zero-order valence-electron chi connectivity index (χ0n) is 8.82. The molecule has 82 valence electrons. The highest BCUT2D eigenvalue weighted by Gasteiger charge is 2.21. The molecule has 0 spiro atoms. The van der Waals surface area contributed by atoms with Crippen LogP contribution in [0.4, 0.5) is 4.79 Å². The molecule has 0 aliphatic heterocycles. The molecule has 1 N–H and O–H groups in total. The molecule has 14 heavy (non-hydrogen) atoms. The number of ether oxygens (including phenoxy) is 1. The normalized spacial score (nSPS) is 11.9. The molecule has 0 aromatic carbocycles. The predicted octanol–water partition coefficient (Wildman–Crippen LogP) is 1.33. The average Bonchev–Trinajstić information content (AvgIpc) is 2.04. The fourth-order valence-electron chi connectivity index (χ4n) is 1.19. The smallest absolute Gasteiger partial charge is 0.409 e. The molecule has 1 atom stereocenters. The lowest BCUT2D eigenvalue weighted by Gasteiger charge is -2.25. The molecule has 0 saturated carbocycles. The summed E-state index contributed by atoms with van der Waals surface area (Å²) in [5.74, 6) is -0.916. The van der Waals surface area contributed by atoms with Crippen LogP contribution in [0.25, 0.3) is 0 Å². The minimum Gasteiger partial charge on any atom is -0.481 e. The van der Waals surface area contributed by atoms with Crippen molar-refractivity contribution in [3.05, 3.63) is 0 Å². The fraction of sp³-hybridized carbons (Fsp3) is 0.778. The topological polar surface area (TPSA) is 66.8 Å². The maximum absolute atomic E-state index is 11.3. The second kappa shape index (κ2) is 6.23. The summed E-state index contributed by atoms with van der Waals surface area (Å²) in [7, 11) is 0. The van der Waals surface area contributed by atoms with E-state index in [0.717, 1.165) is 0 Å². The summed E-state index contributed by atoms with van der Waals surface area (Å²) in [5.41, 5.74) is 0. The number of hydrogen-bond donors (Lipinski definition) is 1. The molecule has 0 aliphatic rings. The molecule has 5 nitrogen and oxygen atoms in total. The molecular weight excluding hydrogens is 186 g/mol. The van der Waals surface area contributed by atoms with Gasteiger partial charge in [0.25, 0.3) is 0 Å². The third-order valence-corrected chi connectivity index (χ3v) is 1.85. The Balaban J connectivity index is 4.23. The van der Waals surface area contributed by atoms with E-state index in [9.17, 15) is 9.59 Å². The van der Waals surface area contributed by atoms with E-state index in [2.05, 4.69) is 0 Å². The predicted molar refractivity (Wildman–Crippen MR) is 51.1 cm³/mol. The van der Waals surface area contributed by atoms with Crippen molar-refractivity contribution in [2.75, 3.05) is 13.2 Å². The van der Waals surface area contributed by atoms with Gasteiger partial charge in [-0.25, -0.2) is 4.79 Å². The second-order valence-corrected chi connectivity index (χ2v) is 2.93. The van der Waals surface area contributed by atoms with Crippen LogP contribution in [-0.2, 0) is 9.53 Å². The number of carboxylic acid groups (broad SMARTS) is 1. The zero-order chi connectivity index (χ0) is 11.1. The summed E-state index contributed by atoms with van der Waals surface area (Å²) in [6.07, 6.45) is -0.518. The highest BCUT2D eigenvalue weighted by molar-refractivity contribution is 5.71. The van der Waals surface area contributed by atoms with Crippen LogP contribution in [0, 0.1) is 0 Å². The van der Waals surface area contributed by atoms with Crippen LogP contribution in [0.1, 0.15) is 27.2 Å². The Bertz CT molecular complexity index is 205. The molecule has 0 bridgehead atoms. The van der Waals surface area contributed by atoms with Crippen LogP contribution in [0.5, 0.6) is 0 Å². The molecule has 0 aromatic rings. The molecule has 1 amide bonds. The number of hydrogen-bond acceptors (Lipinski definition) is 3. The van der Waals surface area contributed by atoms with Crippen molar-refractivity contribution in [3.63, 3.8) is 0 Å². The first-order valence-electron chi connectivity index (χ1n) is 4.68. The minimum atomic E-state index is -0.916. The standard InChI is InChI=1S/C9H17NO4/c1-4-10(9(13)14-5-2)7(3)6-8(11)12/h7H,4-6H2,1-3H3,(H,11,12). The number of carboxylic acids is 1. The van der Waals surface area contributed by atoms with Gasteiger partial charge in [0.05, 0.1) is 13.0 Å². The van der Waals surface area contributed by atoms with Crippen molar-refractivity contribution in [1.29, 1.82) is 0 Å². The molecule has 1 unspecified atom stereocenters. The van der Waals surface area contributed by atoms with Crippen LogP contribution >= 0.6 is 0 Å². The van der Waals surface area contributed by atoms with Crippen molar-refractivity contribution in [2.24, 2.45) is 0 Å². The van der Waals surface area contributed by atoms with Crippen molar-refractivity contribution in [3.8, 4) is 0 Å². The average molecular weight is 203 g/mol. The van der Waals surface area contributed by atoms with E-state index in [1.54, 1.807) is 20.8 Å². The Kier molecular flexibility index (Phi) is 5.67. The number of aliphatic carboxylic acids is 1. The van der Waals surface area contributed by atoms with E-state index in [1.807, 2.05) is 0 Å². The van der Waals surface area contributed by atoms with Gasteiger partial charge in [-0.3, -0.25) is 4.79 Å². The molecule has 0 saturated heterocycles. The molecular formula is C9H17NO4. The molecule has 0 rings (SSSR count). The number of carbonyl (C=O) groups is 2. The van der Waals surface area contributed by atoms with Gasteiger partial charge >= 0.3 is 12.1 Å². The second-order valence-electron chi connectivity index (χ2n) is 2.93. The van der Waals surface area contributed by atoms with E-state index < -0.39 is 12.1 Å². The Morgan fingerprint density at radius 3 is 2.36 bits per heavy atom. The summed E-state index contributed by atoms with van der Waals surface area (Å²) in [6, 6.07) is -0.337. The van der Waals surface area contributed by atoms with Gasteiger partial charge < -0.3 is 14.7 Å². The van der Waals surface area contributed by atoms with Gasteiger partial charge in [-0.1, -0.05) is 0 Å². The van der Waals surface area contributed by atoms with E-state index >= 15 is 0 Å². The summed E-state index contributed by atoms with van der Waals surface area (Å²) < 4.78 is 4.79. The van der Waals surface area contributed by atoms with Gasteiger partial charge in [-0.2, -0.15) is 0 Å². The third kappa shape index (κ3) is 4.11. The first kappa shape index (κ1) is 12.7. The quantitative estimate of drug-likeness (QED) is 0.732. The highest BCUT2D eigenvalue weighted by atomic mass is 16.6. The SMILES string of the molecule is CCOC(=O)N(CC)C(C)CC(=O)O. The first-order valence-corrected chi connectivity index (χ1v) is 4.68. The van der Waals surface area contributed by atoms with Gasteiger partial charge in [0.15, 0.2) is 0 Å². The van der Waals surface area contributed by atoms with E-state index in [4.69, 9.17) is 9.84 Å². The summed E-state index contributed by atoms with van der Waals surface area (Å²) in [6.45, 7) is 5.94. The highest BCUT2D eigenvalue weighted by Crippen LogP contribution is 2.05. The van der Waals surface area contributed by atoms with Gasteiger partial charge in [-0.05, 0) is 20.8 Å². The van der Waals surface area contributed by atoms with Gasteiger partial charge in [0.1, 0.15) is 0 Å². The number of nitrogens with zero attached hydrogens (tertiary/aromatic N) is 1. The maximum Gasteiger partial charge on any atom is 0.409 e. The van der Waals surface area contributed by atoms with Crippen molar-refractivity contribution >= 4 is 12.1 Å². The summed E-state index contributed by atoms with van der Waals surface area (Å²) >= 11 is 0. The Morgan fingerprint density at radius 2 is 2.00 bits per heavy atom. The fourth-order valence-corrected chi connectivity index (χ4v) is 1.19. The largest absolute Gasteiger partial charge is 0.481 e. The van der Waals surface area contributed by atoms with E-state index in [1.165, 1.54) is 4.90 Å². The molecule has 0 fully saturated rings. The lowest BCUT2D eigenvalue weighted by molar-refractivity contribution is -0.138. The summed E-state index contributed by atoms with van der Waals surface area (Å²) in [4.78, 5) is 23.1. The molecule has 5 heteroatoms. The van der Waals surface area contributed by atoms with Gasteiger partial charge in [0, 0.05) is 12.6 Å². The number of amides is 1. The lowest BCUT2D eigenvalue weighted by Crippen LogP contribution is -2.40. The number of carbonyl (C=O) groups excluding carboxylic acids is 1. The lowest BCUT2D eigenvalue weighted by atomic mass is 10.2. The van der Waals surface area contributed by atoms with E-state index in [-0.39, 0.29) is 12.5 Å². The minimum absolute atomic E-state index is 0.0628. The van der Waals surface area contributed by atoms with Crippen molar-refractivity contribution in [1.82, 2.24) is 4.90 Å². The number of rotatable bonds is 5. The monoisotopic (exact) mass is 203 g/mol. The van der Waals surface area contributed by atoms with E-state index in [0.29, 0.717) is 13.2 Å². The third-order valence-electron chi connectivity index (χ3n) is 1.85. The molecule has 0 radical (unpaired) electrons. The van der Waals surface area contributed by atoms with Gasteiger partial charge in [-0.15, -0.1) is 0 Å². The first-order chi connectivity index (χ1) is 6.52. The Labute approximate surface area is 83.6 Å². The molecule has 0 heterocycles. The summed E-state index contributed by atoms with van der Waals surface area (Å²) in [5, 5.41) is 8.56. The van der Waals surface area contributed by atoms with Crippen LogP contribution in [0.3, 0.4) is 0 Å². The maximum atomic E-state index is 11.3.